The maximum atomic E-state index is 13.1. The van der Waals surface area contributed by atoms with Crippen LogP contribution in [0.25, 0.3) is 0 Å². The Kier molecular flexibility index (Phi) is 8.17. The van der Waals surface area contributed by atoms with Crippen LogP contribution >= 0.6 is 35.6 Å². The predicted octanol–water partition coefficient (Wildman–Crippen LogP) is 4.71. The van der Waals surface area contributed by atoms with Crippen molar-refractivity contribution in [3.63, 3.8) is 0 Å². The molecular formula is C11H13Cl3F2N2O3. The smallest absolute Gasteiger partial charge is 0.261 e. The number of nitrogens with one attached hydrogen (secondary N) is 1. The normalized spacial score (nSPS) is 11.1. The number of halogens is 5. The van der Waals surface area contributed by atoms with Crippen molar-refractivity contribution in [3.8, 4) is 0 Å². The summed E-state index contributed by atoms with van der Waals surface area (Å²) in [5.74, 6) is 0. The number of rotatable bonds is 7. The molecule has 1 aromatic rings. The Bertz CT molecular complexity index is 490. The molecule has 0 atom stereocenters. The number of nitro benzene ring substituents is 1. The first-order valence-corrected chi connectivity index (χ1v) is 6.52. The van der Waals surface area contributed by atoms with Crippen LogP contribution in [0.4, 0.5) is 20.2 Å². The number of benzene rings is 1. The molecule has 10 heteroatoms. The summed E-state index contributed by atoms with van der Waals surface area (Å²) in [4.78, 5) is 12.2. The molecule has 0 aliphatic rings. The van der Waals surface area contributed by atoms with Gasteiger partial charge < -0.3 is 0 Å². The number of hydrogen-bond acceptors (Lipinski definition) is 4. The summed E-state index contributed by atoms with van der Waals surface area (Å²) in [6.45, 7) is 1.85. The fraction of sp³-hybridized carbons (Fsp3) is 0.455. The van der Waals surface area contributed by atoms with Crippen LogP contribution in [0.1, 0.15) is 18.9 Å². The van der Waals surface area contributed by atoms with E-state index in [-0.39, 0.29) is 23.8 Å². The van der Waals surface area contributed by atoms with E-state index in [0.717, 1.165) is 0 Å². The molecule has 0 bridgehead atoms. The summed E-state index contributed by atoms with van der Waals surface area (Å²) < 4.78 is 26.2. The quantitative estimate of drug-likeness (QED) is 0.432. The van der Waals surface area contributed by atoms with Gasteiger partial charge in [-0.2, -0.15) is 8.78 Å². The highest BCUT2D eigenvalue weighted by molar-refractivity contribution is 6.44. The van der Waals surface area contributed by atoms with Crippen molar-refractivity contribution in [1.29, 1.82) is 0 Å². The third-order valence-electron chi connectivity index (χ3n) is 2.37. The molecule has 120 valence electrons. The van der Waals surface area contributed by atoms with Crippen LogP contribution in [-0.4, -0.2) is 15.9 Å². The van der Waals surface area contributed by atoms with Crippen LogP contribution < -0.4 is 5.48 Å². The SMILES string of the molecule is CCCc1cc([N+](=O)[O-])ccc1NOC(F)(F)C(Cl)Cl.Cl. The predicted molar refractivity (Wildman–Crippen MR) is 79.5 cm³/mol. The van der Waals surface area contributed by atoms with Crippen molar-refractivity contribution < 1.29 is 18.5 Å². The molecule has 21 heavy (non-hydrogen) atoms. The molecule has 1 N–H and O–H groups in total. The van der Waals surface area contributed by atoms with E-state index in [1.54, 1.807) is 0 Å². The fourth-order valence-corrected chi connectivity index (χ4v) is 1.53. The van der Waals surface area contributed by atoms with Gasteiger partial charge in [0.05, 0.1) is 10.6 Å². The fourth-order valence-electron chi connectivity index (χ4n) is 1.44. The molecule has 0 aliphatic carbocycles. The average Bonchev–Trinajstić information content (AvgIpc) is 2.37. The van der Waals surface area contributed by atoms with Crippen molar-refractivity contribution >= 4 is 47.0 Å². The van der Waals surface area contributed by atoms with E-state index in [1.807, 2.05) is 12.4 Å². The van der Waals surface area contributed by atoms with Crippen LogP contribution in [0, 0.1) is 10.1 Å². The monoisotopic (exact) mass is 364 g/mol. The zero-order chi connectivity index (χ0) is 15.3. The maximum Gasteiger partial charge on any atom is 0.405 e. The second-order valence-electron chi connectivity index (χ2n) is 3.92. The van der Waals surface area contributed by atoms with Crippen LogP contribution in [-0.2, 0) is 11.3 Å². The lowest BCUT2D eigenvalue weighted by Crippen LogP contribution is -2.31. The molecule has 1 rings (SSSR count). The molecular weight excluding hydrogens is 352 g/mol. The van der Waals surface area contributed by atoms with E-state index >= 15 is 0 Å². The Morgan fingerprint density at radius 1 is 1.48 bits per heavy atom. The third-order valence-corrected chi connectivity index (χ3v) is 2.88. The molecule has 0 unspecified atom stereocenters. The van der Waals surface area contributed by atoms with Gasteiger partial charge in [0.1, 0.15) is 0 Å². The van der Waals surface area contributed by atoms with Gasteiger partial charge in [0.2, 0.25) is 0 Å². The summed E-state index contributed by atoms with van der Waals surface area (Å²) >= 11 is 10.1. The molecule has 0 fully saturated rings. The Balaban J connectivity index is 0.00000400. The molecule has 0 aliphatic heterocycles. The topological polar surface area (TPSA) is 64.4 Å². The lowest BCUT2D eigenvalue weighted by atomic mass is 10.1. The van der Waals surface area contributed by atoms with Crippen molar-refractivity contribution in [3.05, 3.63) is 33.9 Å². The number of anilines is 1. The second kappa shape index (κ2) is 8.53. The van der Waals surface area contributed by atoms with Crippen LogP contribution in [0.5, 0.6) is 0 Å². The van der Waals surface area contributed by atoms with Crippen molar-refractivity contribution in [2.45, 2.75) is 30.7 Å². The summed E-state index contributed by atoms with van der Waals surface area (Å²) in [7, 11) is 0. The van der Waals surface area contributed by atoms with Gasteiger partial charge in [0.25, 0.3) is 5.69 Å². The van der Waals surface area contributed by atoms with E-state index in [2.05, 4.69) is 4.84 Å². The van der Waals surface area contributed by atoms with Gasteiger partial charge >= 0.3 is 6.11 Å². The summed E-state index contributed by atoms with van der Waals surface area (Å²) in [5, 5.41) is 10.7. The molecule has 0 spiro atoms. The van der Waals surface area contributed by atoms with Crippen molar-refractivity contribution in [1.82, 2.24) is 0 Å². The van der Waals surface area contributed by atoms with Gasteiger partial charge in [-0.3, -0.25) is 15.6 Å². The Hall–Kier alpha value is -0.890. The van der Waals surface area contributed by atoms with Crippen LogP contribution in [0.2, 0.25) is 0 Å². The number of hydrogen-bond donors (Lipinski definition) is 1. The van der Waals surface area contributed by atoms with Gasteiger partial charge in [-0.25, -0.2) is 4.84 Å². The van der Waals surface area contributed by atoms with Crippen molar-refractivity contribution in [2.24, 2.45) is 0 Å². The first-order valence-electron chi connectivity index (χ1n) is 5.65. The van der Waals surface area contributed by atoms with E-state index in [0.29, 0.717) is 18.4 Å². The molecule has 1 aromatic carbocycles. The van der Waals surface area contributed by atoms with E-state index in [9.17, 15) is 18.9 Å². The number of nitrogens with zero attached hydrogens (tertiary/aromatic N) is 1. The number of alkyl halides is 4. The molecule has 0 amide bonds. The summed E-state index contributed by atoms with van der Waals surface area (Å²) in [6, 6.07) is 3.77. The molecule has 0 radical (unpaired) electrons. The number of aryl methyl sites for hydroxylation is 1. The Morgan fingerprint density at radius 3 is 2.57 bits per heavy atom. The van der Waals surface area contributed by atoms with Crippen molar-refractivity contribution in [2.75, 3.05) is 5.48 Å². The third kappa shape index (κ3) is 5.78. The molecule has 0 aromatic heterocycles. The minimum Gasteiger partial charge on any atom is -0.261 e. The standard InChI is InChI=1S/C11H12Cl2F2N2O3.ClH/c1-2-3-7-6-8(17(18)19)4-5-9(7)16-20-11(14,15)10(12)13;/h4-6,10,16H,2-3H2,1H3;1H. The molecule has 0 saturated heterocycles. The van der Waals surface area contributed by atoms with Crippen LogP contribution in [0.3, 0.4) is 0 Å². The van der Waals surface area contributed by atoms with Gasteiger partial charge in [0, 0.05) is 12.1 Å². The minimum atomic E-state index is -3.78. The maximum absolute atomic E-state index is 13.1. The number of nitro groups is 1. The van der Waals surface area contributed by atoms with Gasteiger partial charge in [-0.15, -0.1) is 12.4 Å². The summed E-state index contributed by atoms with van der Waals surface area (Å²) in [6.07, 6.45) is -2.64. The van der Waals surface area contributed by atoms with Crippen LogP contribution in [0.15, 0.2) is 18.2 Å². The molecule has 0 saturated carbocycles. The highest BCUT2D eigenvalue weighted by Gasteiger charge is 2.39. The largest absolute Gasteiger partial charge is 0.405 e. The van der Waals surface area contributed by atoms with Gasteiger partial charge in [-0.05, 0) is 18.1 Å². The van der Waals surface area contributed by atoms with E-state index in [4.69, 9.17) is 23.2 Å². The minimum absolute atomic E-state index is 0. The second-order valence-corrected chi connectivity index (χ2v) is 5.01. The highest BCUT2D eigenvalue weighted by Crippen LogP contribution is 2.30. The highest BCUT2D eigenvalue weighted by atomic mass is 35.5. The lowest BCUT2D eigenvalue weighted by molar-refractivity contribution is -0.384. The van der Waals surface area contributed by atoms with E-state index < -0.39 is 15.9 Å². The van der Waals surface area contributed by atoms with Gasteiger partial charge in [0.15, 0.2) is 4.84 Å². The summed E-state index contributed by atoms with van der Waals surface area (Å²) in [5.41, 5.74) is 2.60. The van der Waals surface area contributed by atoms with E-state index in [1.165, 1.54) is 18.2 Å². The average molecular weight is 366 g/mol. The first-order chi connectivity index (χ1) is 9.27. The number of non-ortho nitro benzene ring substituents is 1. The first kappa shape index (κ1) is 20.1. The Morgan fingerprint density at radius 2 is 2.10 bits per heavy atom. The molecule has 0 heterocycles. The lowest BCUT2D eigenvalue weighted by Gasteiger charge is -2.19. The zero-order valence-corrected chi connectivity index (χ0v) is 13.1. The Labute approximate surface area is 136 Å². The van der Waals surface area contributed by atoms with Gasteiger partial charge in [-0.1, -0.05) is 36.5 Å². The zero-order valence-electron chi connectivity index (χ0n) is 10.8. The molecule has 5 nitrogen and oxygen atoms in total.